The van der Waals surface area contributed by atoms with Crippen LogP contribution in [0.3, 0.4) is 0 Å². The van der Waals surface area contributed by atoms with Crippen LogP contribution >= 0.6 is 27.7 Å². The van der Waals surface area contributed by atoms with Gasteiger partial charge in [0.05, 0.1) is 6.61 Å². The molecule has 4 aromatic rings. The zero-order valence-electron chi connectivity index (χ0n) is 15.6. The summed E-state index contributed by atoms with van der Waals surface area (Å²) in [6.07, 6.45) is 0. The third-order valence-corrected chi connectivity index (χ3v) is 5.90. The van der Waals surface area contributed by atoms with Crippen molar-refractivity contribution < 1.29 is 13.9 Å². The summed E-state index contributed by atoms with van der Waals surface area (Å²) in [5.41, 5.74) is 2.13. The average molecular weight is 468 g/mol. The third-order valence-electron chi connectivity index (χ3n) is 4.35. The predicted molar refractivity (Wildman–Crippen MR) is 120 cm³/mol. The van der Waals surface area contributed by atoms with Crippen molar-refractivity contribution in [3.8, 4) is 0 Å². The summed E-state index contributed by atoms with van der Waals surface area (Å²) < 4.78 is 12.1. The minimum Gasteiger partial charge on any atom is -0.451 e. The molecule has 0 saturated heterocycles. The summed E-state index contributed by atoms with van der Waals surface area (Å²) in [4.78, 5) is 15.1. The fourth-order valence-corrected chi connectivity index (χ4v) is 4.08. The molecule has 4 rings (SSSR count). The molecule has 0 atom stereocenters. The number of rotatable bonds is 6. The summed E-state index contributed by atoms with van der Waals surface area (Å²) in [5, 5.41) is 3.80. The minimum atomic E-state index is -0.290. The van der Waals surface area contributed by atoms with Crippen molar-refractivity contribution in [2.75, 3.05) is 12.4 Å². The molecule has 0 fully saturated rings. The van der Waals surface area contributed by atoms with Crippen LogP contribution in [0, 0.1) is 0 Å². The van der Waals surface area contributed by atoms with Gasteiger partial charge in [-0.2, -0.15) is 0 Å². The Balaban J connectivity index is 1.50. The summed E-state index contributed by atoms with van der Waals surface area (Å²) in [6, 6.07) is 23.5. The van der Waals surface area contributed by atoms with E-state index in [1.54, 1.807) is 18.9 Å². The Morgan fingerprint density at radius 1 is 1.00 bits per heavy atom. The maximum Gasteiger partial charge on any atom is 0.291 e. The molecule has 3 aromatic carbocycles. The Bertz CT molecular complexity index is 1140. The Morgan fingerprint density at radius 3 is 2.34 bits per heavy atom. The molecule has 0 unspecified atom stereocenters. The van der Waals surface area contributed by atoms with Crippen LogP contribution in [0.2, 0.25) is 0 Å². The lowest BCUT2D eigenvalue weighted by molar-refractivity contribution is 0.0992. The van der Waals surface area contributed by atoms with E-state index < -0.39 is 0 Å². The monoisotopic (exact) mass is 467 g/mol. The van der Waals surface area contributed by atoms with Crippen molar-refractivity contribution in [3.05, 3.63) is 88.6 Å². The number of nitrogens with one attached hydrogen (secondary N) is 1. The van der Waals surface area contributed by atoms with E-state index >= 15 is 0 Å². The first-order chi connectivity index (χ1) is 14.1. The van der Waals surface area contributed by atoms with Crippen LogP contribution in [0.5, 0.6) is 0 Å². The smallest absolute Gasteiger partial charge is 0.291 e. The third kappa shape index (κ3) is 4.56. The van der Waals surface area contributed by atoms with Gasteiger partial charge in [0.1, 0.15) is 5.58 Å². The van der Waals surface area contributed by atoms with Gasteiger partial charge in [-0.25, -0.2) is 0 Å². The fraction of sp³-hybridized carbons (Fsp3) is 0.0870. The summed E-state index contributed by atoms with van der Waals surface area (Å²) in [5.74, 6) is -0.0112. The Labute approximate surface area is 181 Å². The average Bonchev–Trinajstić information content (AvgIpc) is 3.10. The van der Waals surface area contributed by atoms with Crippen molar-refractivity contribution in [2.45, 2.75) is 16.4 Å². The molecule has 4 nitrogen and oxygen atoms in total. The van der Waals surface area contributed by atoms with Gasteiger partial charge in [0.25, 0.3) is 5.91 Å². The molecule has 0 spiro atoms. The largest absolute Gasteiger partial charge is 0.451 e. The second kappa shape index (κ2) is 8.86. The maximum absolute atomic E-state index is 12.8. The Hall–Kier alpha value is -2.54. The molecule has 0 radical (unpaired) electrons. The highest BCUT2D eigenvalue weighted by Gasteiger charge is 2.20. The molecule has 146 valence electrons. The number of fused-ring (bicyclic) bond motifs is 1. The van der Waals surface area contributed by atoms with E-state index in [4.69, 9.17) is 9.15 Å². The van der Waals surface area contributed by atoms with Crippen molar-refractivity contribution in [1.29, 1.82) is 0 Å². The summed E-state index contributed by atoms with van der Waals surface area (Å²) in [6.45, 7) is 0.308. The number of furan rings is 1. The van der Waals surface area contributed by atoms with Crippen LogP contribution in [0.4, 0.5) is 5.69 Å². The van der Waals surface area contributed by atoms with E-state index in [1.807, 2.05) is 60.7 Å². The topological polar surface area (TPSA) is 51.5 Å². The van der Waals surface area contributed by atoms with E-state index in [1.165, 1.54) is 0 Å². The molecule has 1 aromatic heterocycles. The molecule has 1 heterocycles. The number of benzene rings is 3. The van der Waals surface area contributed by atoms with Gasteiger partial charge in [-0.1, -0.05) is 45.9 Å². The number of anilines is 1. The SMILES string of the molecule is COCc1c(C(=O)Nc2ccc(Sc3ccc(Br)cc3)cc2)oc2ccccc12. The number of para-hydroxylation sites is 1. The fourth-order valence-electron chi connectivity index (χ4n) is 3.00. The zero-order chi connectivity index (χ0) is 20.2. The number of ether oxygens (including phenoxy) is 1. The van der Waals surface area contributed by atoms with Gasteiger partial charge in [0, 0.05) is 38.0 Å². The van der Waals surface area contributed by atoms with Crippen molar-refractivity contribution >= 4 is 50.3 Å². The number of methoxy groups -OCH3 is 1. The van der Waals surface area contributed by atoms with Gasteiger partial charge >= 0.3 is 0 Å². The van der Waals surface area contributed by atoms with Crippen LogP contribution in [-0.4, -0.2) is 13.0 Å². The summed E-state index contributed by atoms with van der Waals surface area (Å²) >= 11 is 5.11. The second-order valence-electron chi connectivity index (χ2n) is 6.37. The molecule has 0 bridgehead atoms. The van der Waals surface area contributed by atoms with Gasteiger partial charge in [-0.05, 0) is 54.6 Å². The van der Waals surface area contributed by atoms with Crippen LogP contribution in [0.15, 0.2) is 91.5 Å². The molecule has 29 heavy (non-hydrogen) atoms. The maximum atomic E-state index is 12.8. The quantitative estimate of drug-likeness (QED) is 0.340. The van der Waals surface area contributed by atoms with E-state index in [9.17, 15) is 4.79 Å². The zero-order valence-corrected chi connectivity index (χ0v) is 18.0. The van der Waals surface area contributed by atoms with Crippen molar-refractivity contribution in [3.63, 3.8) is 0 Å². The summed E-state index contributed by atoms with van der Waals surface area (Å²) in [7, 11) is 1.60. The van der Waals surface area contributed by atoms with Gasteiger partial charge in [0.2, 0.25) is 0 Å². The van der Waals surface area contributed by atoms with Crippen LogP contribution in [-0.2, 0) is 11.3 Å². The predicted octanol–water partition coefficient (Wildman–Crippen LogP) is 6.75. The molecular formula is C23H18BrNO3S. The van der Waals surface area contributed by atoms with E-state index in [0.29, 0.717) is 17.9 Å². The van der Waals surface area contributed by atoms with Gasteiger partial charge in [-0.3, -0.25) is 4.79 Å². The number of amides is 1. The Morgan fingerprint density at radius 2 is 1.66 bits per heavy atom. The lowest BCUT2D eigenvalue weighted by Crippen LogP contribution is -2.13. The first-order valence-electron chi connectivity index (χ1n) is 8.98. The highest BCUT2D eigenvalue weighted by atomic mass is 79.9. The minimum absolute atomic E-state index is 0.279. The second-order valence-corrected chi connectivity index (χ2v) is 8.44. The number of carbonyl (C=O) groups excluding carboxylic acids is 1. The van der Waals surface area contributed by atoms with Crippen molar-refractivity contribution in [2.24, 2.45) is 0 Å². The van der Waals surface area contributed by atoms with E-state index in [0.717, 1.165) is 25.2 Å². The van der Waals surface area contributed by atoms with E-state index in [2.05, 4.69) is 33.4 Å². The normalized spacial score (nSPS) is 11.0. The molecule has 0 saturated carbocycles. The molecule has 1 amide bonds. The number of carbonyl (C=O) groups is 1. The molecule has 0 aliphatic rings. The van der Waals surface area contributed by atoms with Crippen molar-refractivity contribution in [1.82, 2.24) is 0 Å². The number of halogens is 1. The Kier molecular flexibility index (Phi) is 6.04. The van der Waals surface area contributed by atoms with E-state index in [-0.39, 0.29) is 11.7 Å². The number of hydrogen-bond acceptors (Lipinski definition) is 4. The molecule has 1 N–H and O–H groups in total. The number of hydrogen-bond donors (Lipinski definition) is 1. The van der Waals surface area contributed by atoms with Crippen LogP contribution < -0.4 is 5.32 Å². The van der Waals surface area contributed by atoms with Crippen LogP contribution in [0.25, 0.3) is 11.0 Å². The molecule has 0 aliphatic carbocycles. The first kappa shape index (κ1) is 19.8. The van der Waals surface area contributed by atoms with Crippen LogP contribution in [0.1, 0.15) is 16.1 Å². The molecule has 0 aliphatic heterocycles. The lowest BCUT2D eigenvalue weighted by atomic mass is 10.1. The van der Waals surface area contributed by atoms with Gasteiger partial charge < -0.3 is 14.5 Å². The standard InChI is InChI=1S/C23H18BrNO3S/c1-27-14-20-19-4-2-3-5-21(19)28-22(20)23(26)25-16-8-12-18(13-9-16)29-17-10-6-15(24)7-11-17/h2-13H,14H2,1H3,(H,25,26). The molecular weight excluding hydrogens is 450 g/mol. The first-order valence-corrected chi connectivity index (χ1v) is 10.6. The van der Waals surface area contributed by atoms with Gasteiger partial charge in [-0.15, -0.1) is 0 Å². The lowest BCUT2D eigenvalue weighted by Gasteiger charge is -2.07. The van der Waals surface area contributed by atoms with Gasteiger partial charge in [0.15, 0.2) is 5.76 Å². The highest BCUT2D eigenvalue weighted by Crippen LogP contribution is 2.30. The highest BCUT2D eigenvalue weighted by molar-refractivity contribution is 9.10. The molecule has 6 heteroatoms.